The summed E-state index contributed by atoms with van der Waals surface area (Å²) >= 11 is 0. The highest BCUT2D eigenvalue weighted by Gasteiger charge is 2.55. The van der Waals surface area contributed by atoms with Crippen LogP contribution in [0.4, 0.5) is 0 Å². The summed E-state index contributed by atoms with van der Waals surface area (Å²) < 4.78 is 11.3. The fraction of sp³-hybridized carbons (Fsp3) is 0.667. The Kier molecular flexibility index (Phi) is 2.63. The molecule has 0 aromatic rings. The third kappa shape index (κ3) is 1.91. The molecule has 3 nitrogen and oxygen atoms in total. The van der Waals surface area contributed by atoms with E-state index in [0.29, 0.717) is 11.7 Å². The molecule has 0 N–H and O–H groups in total. The van der Waals surface area contributed by atoms with Gasteiger partial charge in [0.1, 0.15) is 6.10 Å². The lowest BCUT2D eigenvalue weighted by Gasteiger charge is -2.20. The summed E-state index contributed by atoms with van der Waals surface area (Å²) in [6, 6.07) is 0. The largest absolute Gasteiger partial charge is 0.458 e. The molecule has 2 heterocycles. The second kappa shape index (κ2) is 3.95. The first-order valence-corrected chi connectivity index (χ1v) is 6.73. The first-order valence-electron chi connectivity index (χ1n) is 6.73. The molecule has 0 unspecified atom stereocenters. The van der Waals surface area contributed by atoms with Gasteiger partial charge in [0.25, 0.3) is 0 Å². The fourth-order valence-corrected chi connectivity index (χ4v) is 3.17. The van der Waals surface area contributed by atoms with Crippen molar-refractivity contribution in [3.63, 3.8) is 0 Å². The van der Waals surface area contributed by atoms with Crippen LogP contribution >= 0.6 is 0 Å². The van der Waals surface area contributed by atoms with E-state index in [0.717, 1.165) is 25.7 Å². The molecule has 18 heavy (non-hydrogen) atoms. The number of carbonyl (C=O) groups is 1. The number of allylic oxidation sites excluding steroid dienone is 2. The predicted octanol–water partition coefficient (Wildman–Crippen LogP) is 2.76. The Bertz CT molecular complexity index is 437. The topological polar surface area (TPSA) is 38.8 Å². The third-order valence-electron chi connectivity index (χ3n) is 4.58. The van der Waals surface area contributed by atoms with E-state index in [-0.39, 0.29) is 23.6 Å². The van der Waals surface area contributed by atoms with Gasteiger partial charge < -0.3 is 9.47 Å². The number of rotatable bonds is 0. The molecule has 2 saturated heterocycles. The zero-order valence-electron chi connectivity index (χ0n) is 11.1. The van der Waals surface area contributed by atoms with Crippen molar-refractivity contribution in [3.05, 3.63) is 23.8 Å². The Morgan fingerprint density at radius 3 is 3.06 bits per heavy atom. The van der Waals surface area contributed by atoms with Crippen LogP contribution in [-0.2, 0) is 14.3 Å². The van der Waals surface area contributed by atoms with Crippen LogP contribution in [0.5, 0.6) is 0 Å². The molecule has 0 radical (unpaired) electrons. The summed E-state index contributed by atoms with van der Waals surface area (Å²) in [6.45, 7) is 8.17. The van der Waals surface area contributed by atoms with E-state index in [1.807, 2.05) is 0 Å². The van der Waals surface area contributed by atoms with Crippen molar-refractivity contribution >= 4 is 5.97 Å². The first-order chi connectivity index (χ1) is 8.49. The molecule has 98 valence electrons. The highest BCUT2D eigenvalue weighted by atomic mass is 16.6. The summed E-state index contributed by atoms with van der Waals surface area (Å²) in [7, 11) is 0. The molecule has 0 spiro atoms. The Morgan fingerprint density at radius 1 is 1.50 bits per heavy atom. The molecule has 0 aromatic heterocycles. The second-order valence-corrected chi connectivity index (χ2v) is 6.02. The molecule has 1 aliphatic carbocycles. The van der Waals surface area contributed by atoms with Crippen LogP contribution in [0.1, 0.15) is 39.5 Å². The van der Waals surface area contributed by atoms with E-state index in [9.17, 15) is 4.79 Å². The predicted molar refractivity (Wildman–Crippen MR) is 68.0 cm³/mol. The SMILES string of the molecule is C=C1C(=O)O[C@@H]2C[C@@]3(C)O[C@@H]3CC/C(C)=C\C[C@H]12. The summed E-state index contributed by atoms with van der Waals surface area (Å²) in [5.41, 5.74) is 1.91. The summed E-state index contributed by atoms with van der Waals surface area (Å²) in [5.74, 6) is -0.0941. The van der Waals surface area contributed by atoms with E-state index in [4.69, 9.17) is 9.47 Å². The Balaban J connectivity index is 1.86. The zero-order valence-corrected chi connectivity index (χ0v) is 11.1. The quantitative estimate of drug-likeness (QED) is 0.286. The van der Waals surface area contributed by atoms with Crippen molar-refractivity contribution in [1.29, 1.82) is 0 Å². The maximum absolute atomic E-state index is 11.7. The molecule has 0 amide bonds. The van der Waals surface area contributed by atoms with Crippen LogP contribution in [0.25, 0.3) is 0 Å². The Labute approximate surface area is 108 Å². The van der Waals surface area contributed by atoms with Crippen molar-refractivity contribution in [1.82, 2.24) is 0 Å². The van der Waals surface area contributed by atoms with E-state index < -0.39 is 0 Å². The van der Waals surface area contributed by atoms with Crippen LogP contribution in [0, 0.1) is 5.92 Å². The highest BCUT2D eigenvalue weighted by Crippen LogP contribution is 2.47. The monoisotopic (exact) mass is 248 g/mol. The number of hydrogen-bond donors (Lipinski definition) is 0. The molecule has 2 aliphatic heterocycles. The van der Waals surface area contributed by atoms with Gasteiger partial charge in [-0.3, -0.25) is 0 Å². The van der Waals surface area contributed by atoms with Gasteiger partial charge in [-0.15, -0.1) is 0 Å². The molecule has 0 saturated carbocycles. The van der Waals surface area contributed by atoms with E-state index in [1.54, 1.807) is 0 Å². The average molecular weight is 248 g/mol. The molecule has 4 atom stereocenters. The third-order valence-corrected chi connectivity index (χ3v) is 4.58. The number of carbonyl (C=O) groups excluding carboxylic acids is 1. The van der Waals surface area contributed by atoms with Gasteiger partial charge in [-0.2, -0.15) is 0 Å². The van der Waals surface area contributed by atoms with Gasteiger partial charge in [-0.05, 0) is 33.1 Å². The zero-order chi connectivity index (χ0) is 12.9. The van der Waals surface area contributed by atoms with E-state index in [2.05, 4.69) is 26.5 Å². The maximum atomic E-state index is 11.7. The molecule has 0 aromatic carbocycles. The minimum absolute atomic E-state index is 0.0536. The number of fused-ring (bicyclic) bond motifs is 2. The van der Waals surface area contributed by atoms with Crippen LogP contribution in [-0.4, -0.2) is 23.8 Å². The standard InChI is InChI=1S/C15H20O3/c1-9-4-6-11-10(2)14(16)17-12(11)8-15(3)13(18-15)7-5-9/h4,11-13H,2,5-8H2,1,3H3/b9-4-/t11-,12-,13-,15-/m1/s1. The normalized spacial score (nSPS) is 46.6. The summed E-state index contributed by atoms with van der Waals surface area (Å²) in [6.07, 6.45) is 6.33. The molecular weight excluding hydrogens is 228 g/mol. The minimum atomic E-state index is -0.226. The summed E-state index contributed by atoms with van der Waals surface area (Å²) in [5, 5.41) is 0. The molecule has 3 rings (SSSR count). The molecule has 2 fully saturated rings. The number of hydrogen-bond acceptors (Lipinski definition) is 3. The van der Waals surface area contributed by atoms with Gasteiger partial charge in [-0.1, -0.05) is 18.2 Å². The van der Waals surface area contributed by atoms with Gasteiger partial charge in [0.05, 0.1) is 11.7 Å². The van der Waals surface area contributed by atoms with Crippen LogP contribution in [0.15, 0.2) is 23.8 Å². The van der Waals surface area contributed by atoms with Gasteiger partial charge in [0.15, 0.2) is 0 Å². The molecular formula is C15H20O3. The van der Waals surface area contributed by atoms with E-state index in [1.165, 1.54) is 5.57 Å². The Hall–Kier alpha value is -1.09. The molecule has 0 bridgehead atoms. The van der Waals surface area contributed by atoms with E-state index >= 15 is 0 Å². The lowest BCUT2D eigenvalue weighted by molar-refractivity contribution is -0.139. The van der Waals surface area contributed by atoms with Crippen molar-refractivity contribution in [2.45, 2.75) is 57.3 Å². The first kappa shape index (κ1) is 12.0. The van der Waals surface area contributed by atoms with Crippen molar-refractivity contribution in [2.75, 3.05) is 0 Å². The van der Waals surface area contributed by atoms with Crippen LogP contribution in [0.3, 0.4) is 0 Å². The lowest BCUT2D eigenvalue weighted by Crippen LogP contribution is -2.25. The summed E-state index contributed by atoms with van der Waals surface area (Å²) in [4.78, 5) is 11.7. The minimum Gasteiger partial charge on any atom is -0.458 e. The van der Waals surface area contributed by atoms with Crippen molar-refractivity contribution < 1.29 is 14.3 Å². The van der Waals surface area contributed by atoms with Crippen molar-refractivity contribution in [2.24, 2.45) is 5.92 Å². The average Bonchev–Trinajstić information content (AvgIpc) is 2.88. The van der Waals surface area contributed by atoms with Crippen LogP contribution in [0.2, 0.25) is 0 Å². The molecule has 3 aliphatic rings. The second-order valence-electron chi connectivity index (χ2n) is 6.02. The molecule has 3 heteroatoms. The smallest absolute Gasteiger partial charge is 0.334 e. The van der Waals surface area contributed by atoms with Gasteiger partial charge in [-0.25, -0.2) is 4.79 Å². The van der Waals surface area contributed by atoms with Gasteiger partial charge in [0.2, 0.25) is 0 Å². The van der Waals surface area contributed by atoms with Gasteiger partial charge >= 0.3 is 5.97 Å². The van der Waals surface area contributed by atoms with Crippen molar-refractivity contribution in [3.8, 4) is 0 Å². The highest BCUT2D eigenvalue weighted by molar-refractivity contribution is 5.90. The Morgan fingerprint density at radius 2 is 2.28 bits per heavy atom. The number of ether oxygens (including phenoxy) is 2. The number of epoxide rings is 1. The maximum Gasteiger partial charge on any atom is 0.334 e. The fourth-order valence-electron chi connectivity index (χ4n) is 3.17. The number of esters is 1. The lowest BCUT2D eigenvalue weighted by atomic mass is 9.84. The van der Waals surface area contributed by atoms with Gasteiger partial charge in [0, 0.05) is 17.9 Å². The van der Waals surface area contributed by atoms with Crippen LogP contribution < -0.4 is 0 Å².